The van der Waals surface area contributed by atoms with Gasteiger partial charge in [0.15, 0.2) is 0 Å². The Kier molecular flexibility index (Phi) is 5.25. The van der Waals surface area contributed by atoms with Gasteiger partial charge in [-0.05, 0) is 42.9 Å². The Labute approximate surface area is 119 Å². The lowest BCUT2D eigenvalue weighted by molar-refractivity contribution is 0.278. The van der Waals surface area contributed by atoms with E-state index < -0.39 is 0 Å². The number of aryl methyl sites for hydroxylation is 1. The number of halogens is 1. The van der Waals surface area contributed by atoms with Crippen LogP contribution >= 0.6 is 15.9 Å². The highest BCUT2D eigenvalue weighted by Gasteiger charge is 2.19. The van der Waals surface area contributed by atoms with Gasteiger partial charge in [0.2, 0.25) is 0 Å². The summed E-state index contributed by atoms with van der Waals surface area (Å²) in [7, 11) is 0. The van der Waals surface area contributed by atoms with Crippen molar-refractivity contribution in [3.8, 4) is 0 Å². The third kappa shape index (κ3) is 3.83. The highest BCUT2D eigenvalue weighted by Crippen LogP contribution is 2.26. The van der Waals surface area contributed by atoms with Crippen molar-refractivity contribution in [3.05, 3.63) is 33.8 Å². The Balaban J connectivity index is 1.85. The highest BCUT2D eigenvalue weighted by atomic mass is 79.9. The maximum absolute atomic E-state index is 3.73. The van der Waals surface area contributed by atoms with Crippen LogP contribution in [0.2, 0.25) is 0 Å². The van der Waals surface area contributed by atoms with Gasteiger partial charge in [-0.1, -0.05) is 54.2 Å². The van der Waals surface area contributed by atoms with E-state index in [1.54, 1.807) is 0 Å². The molecule has 1 aromatic carbocycles. The summed E-state index contributed by atoms with van der Waals surface area (Å²) in [5.41, 5.74) is 2.72. The Hall–Kier alpha value is -0.340. The van der Waals surface area contributed by atoms with E-state index in [1.165, 1.54) is 47.7 Å². The minimum Gasteiger partial charge on any atom is -0.310 e. The molecule has 0 bridgehead atoms. The van der Waals surface area contributed by atoms with Crippen LogP contribution in [0, 0.1) is 12.8 Å². The molecule has 1 aromatic rings. The average Bonchev–Trinajstić information content (AvgIpc) is 2.40. The second kappa shape index (κ2) is 6.72. The van der Waals surface area contributed by atoms with E-state index in [9.17, 15) is 0 Å². The molecule has 2 rings (SSSR count). The standard InChI is InChI=1S/C16H24BrN/c1-3-13-5-4-6-15(10-13)18-11-14-7-8-16(17)12(2)9-14/h7-9,13,15,18H,3-6,10-11H2,1-2H3. The van der Waals surface area contributed by atoms with Gasteiger partial charge in [0.1, 0.15) is 0 Å². The van der Waals surface area contributed by atoms with Crippen molar-refractivity contribution < 1.29 is 0 Å². The van der Waals surface area contributed by atoms with Gasteiger partial charge in [-0.25, -0.2) is 0 Å². The van der Waals surface area contributed by atoms with Crippen molar-refractivity contribution in [1.82, 2.24) is 5.32 Å². The van der Waals surface area contributed by atoms with Crippen molar-refractivity contribution in [1.29, 1.82) is 0 Å². The van der Waals surface area contributed by atoms with Crippen molar-refractivity contribution in [2.75, 3.05) is 0 Å². The fourth-order valence-electron chi connectivity index (χ4n) is 2.93. The van der Waals surface area contributed by atoms with Crippen LogP contribution in [-0.4, -0.2) is 6.04 Å². The second-order valence-electron chi connectivity index (χ2n) is 5.60. The van der Waals surface area contributed by atoms with Crippen LogP contribution in [0.1, 0.15) is 50.2 Å². The maximum atomic E-state index is 3.73. The summed E-state index contributed by atoms with van der Waals surface area (Å²) >= 11 is 3.55. The van der Waals surface area contributed by atoms with Gasteiger partial charge >= 0.3 is 0 Å². The van der Waals surface area contributed by atoms with E-state index in [1.807, 2.05) is 0 Å². The molecule has 0 aliphatic heterocycles. The third-order valence-corrected chi connectivity index (χ3v) is 5.07. The summed E-state index contributed by atoms with van der Waals surface area (Å²) in [5.74, 6) is 0.947. The van der Waals surface area contributed by atoms with Crippen molar-refractivity contribution in [3.63, 3.8) is 0 Å². The van der Waals surface area contributed by atoms with Gasteiger partial charge < -0.3 is 5.32 Å². The lowest BCUT2D eigenvalue weighted by Crippen LogP contribution is -2.33. The van der Waals surface area contributed by atoms with Gasteiger partial charge in [-0.3, -0.25) is 0 Å². The molecule has 0 saturated heterocycles. The summed E-state index contributed by atoms with van der Waals surface area (Å²) in [6.07, 6.45) is 6.90. The lowest BCUT2D eigenvalue weighted by atomic mass is 9.84. The van der Waals surface area contributed by atoms with Gasteiger partial charge in [-0.15, -0.1) is 0 Å². The molecule has 1 aliphatic carbocycles. The smallest absolute Gasteiger partial charge is 0.0208 e. The topological polar surface area (TPSA) is 12.0 Å². The first-order chi connectivity index (χ1) is 8.69. The van der Waals surface area contributed by atoms with Crippen molar-refractivity contribution in [2.45, 2.75) is 58.5 Å². The molecule has 0 heterocycles. The van der Waals surface area contributed by atoms with Crippen LogP contribution in [0.15, 0.2) is 22.7 Å². The van der Waals surface area contributed by atoms with E-state index in [-0.39, 0.29) is 0 Å². The van der Waals surface area contributed by atoms with Crippen LogP contribution in [0.5, 0.6) is 0 Å². The second-order valence-corrected chi connectivity index (χ2v) is 6.46. The van der Waals surface area contributed by atoms with Gasteiger partial charge in [-0.2, -0.15) is 0 Å². The molecular weight excluding hydrogens is 286 g/mol. The SMILES string of the molecule is CCC1CCCC(NCc2ccc(Br)c(C)c2)C1. The molecule has 0 spiro atoms. The van der Waals surface area contributed by atoms with Crippen LogP contribution in [0.25, 0.3) is 0 Å². The number of rotatable bonds is 4. The molecule has 2 atom stereocenters. The monoisotopic (exact) mass is 309 g/mol. The summed E-state index contributed by atoms with van der Waals surface area (Å²) in [6, 6.07) is 7.37. The van der Waals surface area contributed by atoms with Crippen molar-refractivity contribution in [2.24, 2.45) is 5.92 Å². The third-order valence-electron chi connectivity index (χ3n) is 4.18. The Bertz CT molecular complexity index is 389. The zero-order valence-electron chi connectivity index (χ0n) is 11.5. The summed E-state index contributed by atoms with van der Waals surface area (Å²) in [6.45, 7) is 5.49. The van der Waals surface area contributed by atoms with E-state index >= 15 is 0 Å². The van der Waals surface area contributed by atoms with Gasteiger partial charge in [0.25, 0.3) is 0 Å². The lowest BCUT2D eigenvalue weighted by Gasteiger charge is -2.29. The van der Waals surface area contributed by atoms with Crippen LogP contribution in [-0.2, 0) is 6.54 Å². The van der Waals surface area contributed by atoms with E-state index in [4.69, 9.17) is 0 Å². The minimum absolute atomic E-state index is 0.729. The minimum atomic E-state index is 0.729. The maximum Gasteiger partial charge on any atom is 0.0208 e. The molecule has 1 fully saturated rings. The molecule has 1 saturated carbocycles. The summed E-state index contributed by atoms with van der Waals surface area (Å²) in [5, 5.41) is 3.73. The molecular formula is C16H24BrN. The number of nitrogens with one attached hydrogen (secondary N) is 1. The average molecular weight is 310 g/mol. The van der Waals surface area contributed by atoms with Crippen LogP contribution in [0.3, 0.4) is 0 Å². The molecule has 0 radical (unpaired) electrons. The Morgan fingerprint density at radius 2 is 2.17 bits per heavy atom. The molecule has 0 aromatic heterocycles. The molecule has 0 amide bonds. The van der Waals surface area contributed by atoms with E-state index in [2.05, 4.69) is 53.3 Å². The molecule has 2 heteroatoms. The number of hydrogen-bond donors (Lipinski definition) is 1. The van der Waals surface area contributed by atoms with Crippen molar-refractivity contribution >= 4 is 15.9 Å². The zero-order valence-corrected chi connectivity index (χ0v) is 13.1. The van der Waals surface area contributed by atoms with Crippen LogP contribution < -0.4 is 5.32 Å². The zero-order chi connectivity index (χ0) is 13.0. The first-order valence-corrected chi connectivity index (χ1v) is 7.96. The highest BCUT2D eigenvalue weighted by molar-refractivity contribution is 9.10. The fourth-order valence-corrected chi connectivity index (χ4v) is 3.17. The fraction of sp³-hybridized carbons (Fsp3) is 0.625. The quantitative estimate of drug-likeness (QED) is 0.841. The van der Waals surface area contributed by atoms with Gasteiger partial charge in [0.05, 0.1) is 0 Å². The Morgan fingerprint density at radius 3 is 2.89 bits per heavy atom. The molecule has 1 N–H and O–H groups in total. The first kappa shape index (κ1) is 14.1. The molecule has 1 nitrogen and oxygen atoms in total. The molecule has 2 unspecified atom stereocenters. The Morgan fingerprint density at radius 1 is 1.33 bits per heavy atom. The normalized spacial score (nSPS) is 24.2. The predicted octanol–water partition coefficient (Wildman–Crippen LogP) is 4.82. The van der Waals surface area contributed by atoms with Crippen LogP contribution in [0.4, 0.5) is 0 Å². The molecule has 18 heavy (non-hydrogen) atoms. The van der Waals surface area contributed by atoms with Gasteiger partial charge in [0, 0.05) is 17.1 Å². The molecule has 1 aliphatic rings. The summed E-state index contributed by atoms with van der Waals surface area (Å²) in [4.78, 5) is 0. The number of hydrogen-bond acceptors (Lipinski definition) is 1. The molecule has 100 valence electrons. The largest absolute Gasteiger partial charge is 0.310 e. The number of benzene rings is 1. The predicted molar refractivity (Wildman–Crippen MR) is 81.8 cm³/mol. The van der Waals surface area contributed by atoms with E-state index in [0.717, 1.165) is 18.5 Å². The summed E-state index contributed by atoms with van der Waals surface area (Å²) < 4.78 is 1.20. The van der Waals surface area contributed by atoms with E-state index in [0.29, 0.717) is 0 Å². The first-order valence-electron chi connectivity index (χ1n) is 7.17.